The summed E-state index contributed by atoms with van der Waals surface area (Å²) in [5, 5.41) is 4.45. The van der Waals surface area contributed by atoms with Crippen LogP contribution in [0.5, 0.6) is 0 Å². The molecule has 1 saturated heterocycles. The van der Waals surface area contributed by atoms with Crippen LogP contribution in [0.4, 0.5) is 0 Å². The van der Waals surface area contributed by atoms with Crippen LogP contribution in [0, 0.1) is 0 Å². The molecule has 1 unspecified atom stereocenters. The van der Waals surface area contributed by atoms with Crippen molar-refractivity contribution in [2.75, 3.05) is 6.54 Å². The highest BCUT2D eigenvalue weighted by atomic mass is 16.2. The van der Waals surface area contributed by atoms with Crippen molar-refractivity contribution in [3.8, 4) is 0 Å². The van der Waals surface area contributed by atoms with Gasteiger partial charge in [0.2, 0.25) is 0 Å². The van der Waals surface area contributed by atoms with Crippen molar-refractivity contribution in [2.45, 2.75) is 65.5 Å². The third-order valence-corrected chi connectivity index (χ3v) is 4.12. The van der Waals surface area contributed by atoms with E-state index >= 15 is 0 Å². The van der Waals surface area contributed by atoms with Crippen molar-refractivity contribution in [1.82, 2.24) is 14.7 Å². The number of nitrogens with zero attached hydrogens (tertiary/aromatic N) is 3. The van der Waals surface area contributed by atoms with Crippen LogP contribution in [0.25, 0.3) is 0 Å². The number of likely N-dealkylation sites (tertiary alicyclic amines) is 1. The SMILES string of the molecule is CCc1cc(C(=O)N2CCCCC2CC(C)=O)n(CC)n1. The van der Waals surface area contributed by atoms with E-state index in [1.165, 1.54) is 0 Å². The molecule has 0 bridgehead atoms. The number of hydrogen-bond acceptors (Lipinski definition) is 3. The molecular formula is C16H25N3O2. The molecule has 0 saturated carbocycles. The predicted molar refractivity (Wildman–Crippen MR) is 81.3 cm³/mol. The maximum absolute atomic E-state index is 12.9. The summed E-state index contributed by atoms with van der Waals surface area (Å²) in [4.78, 5) is 26.2. The Hall–Kier alpha value is -1.65. The Labute approximate surface area is 126 Å². The summed E-state index contributed by atoms with van der Waals surface area (Å²) in [5.74, 6) is 0.174. The summed E-state index contributed by atoms with van der Waals surface area (Å²) < 4.78 is 1.78. The normalized spacial score (nSPS) is 18.8. The molecule has 2 rings (SSSR count). The maximum Gasteiger partial charge on any atom is 0.272 e. The summed E-state index contributed by atoms with van der Waals surface area (Å²) in [5.41, 5.74) is 1.60. The highest BCUT2D eigenvalue weighted by Crippen LogP contribution is 2.22. The molecule has 116 valence electrons. The van der Waals surface area contributed by atoms with Crippen molar-refractivity contribution in [3.05, 3.63) is 17.5 Å². The zero-order valence-corrected chi connectivity index (χ0v) is 13.3. The lowest BCUT2D eigenvalue weighted by molar-refractivity contribution is -0.118. The van der Waals surface area contributed by atoms with Gasteiger partial charge in [-0.25, -0.2) is 0 Å². The van der Waals surface area contributed by atoms with Gasteiger partial charge in [-0.2, -0.15) is 5.10 Å². The number of rotatable bonds is 5. The lowest BCUT2D eigenvalue weighted by Crippen LogP contribution is -2.45. The minimum atomic E-state index is 0.0231. The number of hydrogen-bond donors (Lipinski definition) is 0. The molecule has 0 N–H and O–H groups in total. The molecule has 2 heterocycles. The molecule has 0 aliphatic carbocycles. The Kier molecular flexibility index (Phi) is 5.15. The molecule has 1 amide bonds. The van der Waals surface area contributed by atoms with Crippen molar-refractivity contribution in [1.29, 1.82) is 0 Å². The van der Waals surface area contributed by atoms with Crippen LogP contribution in [-0.4, -0.2) is 39.0 Å². The standard InChI is InChI=1S/C16H25N3O2/c1-4-13-11-15(19(5-2)17-13)16(21)18-9-7-6-8-14(18)10-12(3)20/h11,14H,4-10H2,1-3H3. The molecule has 1 aromatic heterocycles. The quantitative estimate of drug-likeness (QED) is 0.837. The molecule has 21 heavy (non-hydrogen) atoms. The van der Waals surface area contributed by atoms with Gasteiger partial charge < -0.3 is 4.90 Å². The van der Waals surface area contributed by atoms with Gasteiger partial charge >= 0.3 is 0 Å². The smallest absolute Gasteiger partial charge is 0.272 e. The monoisotopic (exact) mass is 291 g/mol. The number of piperidine rings is 1. The summed E-state index contributed by atoms with van der Waals surface area (Å²) in [7, 11) is 0. The van der Waals surface area contributed by atoms with E-state index in [0.717, 1.165) is 37.9 Å². The van der Waals surface area contributed by atoms with E-state index in [0.29, 0.717) is 18.7 Å². The summed E-state index contributed by atoms with van der Waals surface area (Å²) in [6, 6.07) is 1.94. The fraction of sp³-hybridized carbons (Fsp3) is 0.688. The predicted octanol–water partition coefficient (Wildman–Crippen LogP) is 2.44. The average molecular weight is 291 g/mol. The Balaban J connectivity index is 2.23. The fourth-order valence-corrected chi connectivity index (χ4v) is 3.02. The molecular weight excluding hydrogens is 266 g/mol. The van der Waals surface area contributed by atoms with Crippen LogP contribution in [-0.2, 0) is 17.8 Å². The van der Waals surface area contributed by atoms with Crippen molar-refractivity contribution >= 4 is 11.7 Å². The van der Waals surface area contributed by atoms with E-state index in [-0.39, 0.29) is 17.7 Å². The molecule has 0 spiro atoms. The summed E-state index contributed by atoms with van der Waals surface area (Å²) >= 11 is 0. The van der Waals surface area contributed by atoms with Gasteiger partial charge in [0.1, 0.15) is 11.5 Å². The second-order valence-electron chi connectivity index (χ2n) is 5.74. The van der Waals surface area contributed by atoms with Crippen LogP contribution in [0.1, 0.15) is 62.6 Å². The number of amides is 1. The van der Waals surface area contributed by atoms with Gasteiger partial charge in [-0.1, -0.05) is 6.92 Å². The van der Waals surface area contributed by atoms with Crippen LogP contribution in [0.15, 0.2) is 6.07 Å². The Morgan fingerprint density at radius 3 is 2.71 bits per heavy atom. The van der Waals surface area contributed by atoms with E-state index in [2.05, 4.69) is 5.10 Å². The molecule has 1 aliphatic heterocycles. The van der Waals surface area contributed by atoms with Gasteiger partial charge in [0.15, 0.2) is 0 Å². The van der Waals surface area contributed by atoms with Crippen molar-refractivity contribution < 1.29 is 9.59 Å². The summed E-state index contributed by atoms with van der Waals surface area (Å²) in [6.07, 6.45) is 4.32. The van der Waals surface area contributed by atoms with Crippen LogP contribution in [0.2, 0.25) is 0 Å². The van der Waals surface area contributed by atoms with Gasteiger partial charge in [0, 0.05) is 25.6 Å². The molecule has 0 radical (unpaired) electrons. The topological polar surface area (TPSA) is 55.2 Å². The molecule has 1 aliphatic rings. The lowest BCUT2D eigenvalue weighted by Gasteiger charge is -2.35. The highest BCUT2D eigenvalue weighted by Gasteiger charge is 2.30. The van der Waals surface area contributed by atoms with Gasteiger partial charge in [0.05, 0.1) is 5.69 Å². The van der Waals surface area contributed by atoms with Crippen LogP contribution >= 0.6 is 0 Å². The number of Topliss-reactive ketones (excluding diaryl/α,β-unsaturated/α-hetero) is 1. The minimum Gasteiger partial charge on any atom is -0.334 e. The Bertz CT molecular complexity index is 522. The fourth-order valence-electron chi connectivity index (χ4n) is 3.02. The van der Waals surface area contributed by atoms with Gasteiger partial charge in [-0.15, -0.1) is 0 Å². The first-order valence-corrected chi connectivity index (χ1v) is 7.93. The van der Waals surface area contributed by atoms with E-state index in [9.17, 15) is 9.59 Å². The highest BCUT2D eigenvalue weighted by molar-refractivity contribution is 5.93. The first-order chi connectivity index (χ1) is 10.1. The molecule has 1 atom stereocenters. The zero-order chi connectivity index (χ0) is 15.4. The van der Waals surface area contributed by atoms with Crippen molar-refractivity contribution in [3.63, 3.8) is 0 Å². The Morgan fingerprint density at radius 2 is 2.10 bits per heavy atom. The Morgan fingerprint density at radius 1 is 1.33 bits per heavy atom. The van der Waals surface area contributed by atoms with E-state index < -0.39 is 0 Å². The average Bonchev–Trinajstić information content (AvgIpc) is 2.90. The molecule has 5 heteroatoms. The first-order valence-electron chi connectivity index (χ1n) is 7.93. The van der Waals surface area contributed by atoms with Gasteiger partial charge in [0.25, 0.3) is 5.91 Å². The zero-order valence-electron chi connectivity index (χ0n) is 13.3. The third-order valence-electron chi connectivity index (χ3n) is 4.12. The van der Waals surface area contributed by atoms with Crippen molar-refractivity contribution in [2.24, 2.45) is 0 Å². The first kappa shape index (κ1) is 15.7. The number of aryl methyl sites for hydroxylation is 2. The van der Waals surface area contributed by atoms with E-state index in [1.54, 1.807) is 11.6 Å². The molecule has 1 aromatic rings. The number of carbonyl (C=O) groups is 2. The minimum absolute atomic E-state index is 0.0231. The second-order valence-corrected chi connectivity index (χ2v) is 5.74. The molecule has 0 aromatic carbocycles. The van der Waals surface area contributed by atoms with Crippen LogP contribution in [0.3, 0.4) is 0 Å². The molecule has 5 nitrogen and oxygen atoms in total. The van der Waals surface area contributed by atoms with Gasteiger partial charge in [-0.05, 0) is 45.6 Å². The maximum atomic E-state index is 12.9. The number of aromatic nitrogens is 2. The van der Waals surface area contributed by atoms with E-state index in [1.807, 2.05) is 24.8 Å². The third kappa shape index (κ3) is 3.52. The van der Waals surface area contributed by atoms with Gasteiger partial charge in [-0.3, -0.25) is 14.3 Å². The van der Waals surface area contributed by atoms with Crippen LogP contribution < -0.4 is 0 Å². The second kappa shape index (κ2) is 6.87. The lowest BCUT2D eigenvalue weighted by atomic mass is 9.97. The largest absolute Gasteiger partial charge is 0.334 e. The summed E-state index contributed by atoms with van der Waals surface area (Å²) in [6.45, 7) is 7.06. The van der Waals surface area contributed by atoms with E-state index in [4.69, 9.17) is 0 Å². The number of ketones is 1. The number of carbonyl (C=O) groups excluding carboxylic acids is 2. The molecule has 1 fully saturated rings.